The van der Waals surface area contributed by atoms with Gasteiger partial charge in [0.1, 0.15) is 0 Å². The van der Waals surface area contributed by atoms with Crippen LogP contribution in [0.25, 0.3) is 0 Å². The molecule has 0 radical (unpaired) electrons. The van der Waals surface area contributed by atoms with Gasteiger partial charge in [-0.05, 0) is 18.1 Å². The largest absolute Gasteiger partial charge is 0.294 e. The molecular formula is C19H17NO3. The van der Waals surface area contributed by atoms with E-state index < -0.39 is 0 Å². The zero-order chi connectivity index (χ0) is 16.4. The molecule has 116 valence electrons. The van der Waals surface area contributed by atoms with Gasteiger partial charge in [-0.3, -0.25) is 19.3 Å². The minimum absolute atomic E-state index is 0.0229. The molecule has 0 aromatic heterocycles. The van der Waals surface area contributed by atoms with Crippen LogP contribution in [-0.2, 0) is 0 Å². The summed E-state index contributed by atoms with van der Waals surface area (Å²) in [7, 11) is 0. The van der Waals surface area contributed by atoms with E-state index in [2.05, 4.69) is 0 Å². The Morgan fingerprint density at radius 3 is 2.00 bits per heavy atom. The summed E-state index contributed by atoms with van der Waals surface area (Å²) < 4.78 is 0. The summed E-state index contributed by atoms with van der Waals surface area (Å²) in [4.78, 5) is 38.1. The van der Waals surface area contributed by atoms with Crippen molar-refractivity contribution in [3.8, 4) is 0 Å². The van der Waals surface area contributed by atoms with Crippen LogP contribution in [0.5, 0.6) is 0 Å². The molecule has 2 aromatic carbocycles. The Kier molecular flexibility index (Phi) is 4.06. The van der Waals surface area contributed by atoms with E-state index in [1.54, 1.807) is 36.4 Å². The van der Waals surface area contributed by atoms with E-state index in [4.69, 9.17) is 0 Å². The Morgan fingerprint density at radius 1 is 0.913 bits per heavy atom. The second-order valence-electron chi connectivity index (χ2n) is 5.86. The molecule has 1 heterocycles. The lowest BCUT2D eigenvalue weighted by atomic mass is 9.99. The van der Waals surface area contributed by atoms with Gasteiger partial charge in [-0.2, -0.15) is 0 Å². The van der Waals surface area contributed by atoms with Gasteiger partial charge in [0.25, 0.3) is 11.8 Å². The van der Waals surface area contributed by atoms with Crippen molar-refractivity contribution in [2.24, 2.45) is 5.92 Å². The maximum absolute atomic E-state index is 12.3. The van der Waals surface area contributed by atoms with Gasteiger partial charge in [-0.15, -0.1) is 0 Å². The van der Waals surface area contributed by atoms with E-state index in [-0.39, 0.29) is 30.1 Å². The minimum atomic E-state index is -0.274. The van der Waals surface area contributed by atoms with Crippen molar-refractivity contribution < 1.29 is 14.4 Å². The molecule has 4 nitrogen and oxygen atoms in total. The lowest BCUT2D eigenvalue weighted by Crippen LogP contribution is -2.34. The van der Waals surface area contributed by atoms with Gasteiger partial charge in [0.2, 0.25) is 0 Å². The van der Waals surface area contributed by atoms with E-state index in [0.29, 0.717) is 23.1 Å². The standard InChI is InChI=1S/C19H17NO3/c1-13(11-17(21)14-7-3-2-4-8-14)12-20-18(22)15-9-5-6-10-16(15)19(20)23/h2-10,13H,11-12H2,1H3. The highest BCUT2D eigenvalue weighted by Gasteiger charge is 2.35. The maximum atomic E-state index is 12.3. The second kappa shape index (κ2) is 6.16. The van der Waals surface area contributed by atoms with Crippen molar-refractivity contribution >= 4 is 17.6 Å². The highest BCUT2D eigenvalue weighted by Crippen LogP contribution is 2.24. The Hall–Kier alpha value is -2.75. The number of carbonyl (C=O) groups excluding carboxylic acids is 3. The lowest BCUT2D eigenvalue weighted by molar-refractivity contribution is 0.0623. The van der Waals surface area contributed by atoms with Crippen LogP contribution in [0.4, 0.5) is 0 Å². The van der Waals surface area contributed by atoms with Crippen LogP contribution < -0.4 is 0 Å². The first-order chi connectivity index (χ1) is 11.1. The van der Waals surface area contributed by atoms with Crippen molar-refractivity contribution in [3.63, 3.8) is 0 Å². The summed E-state index contributed by atoms with van der Waals surface area (Å²) in [6.07, 6.45) is 0.303. The minimum Gasteiger partial charge on any atom is -0.294 e. The predicted octanol–water partition coefficient (Wildman–Crippen LogP) is 3.19. The number of nitrogens with zero attached hydrogens (tertiary/aromatic N) is 1. The first-order valence-electron chi connectivity index (χ1n) is 7.61. The normalized spacial score (nSPS) is 14.7. The van der Waals surface area contributed by atoms with Gasteiger partial charge < -0.3 is 0 Å². The summed E-state index contributed by atoms with van der Waals surface area (Å²) in [6.45, 7) is 2.13. The molecule has 1 aliphatic rings. The van der Waals surface area contributed by atoms with Crippen LogP contribution in [0.2, 0.25) is 0 Å². The van der Waals surface area contributed by atoms with Crippen LogP contribution >= 0.6 is 0 Å². The number of ketones is 1. The molecule has 1 atom stereocenters. The average molecular weight is 307 g/mol. The van der Waals surface area contributed by atoms with Gasteiger partial charge >= 0.3 is 0 Å². The van der Waals surface area contributed by atoms with E-state index in [9.17, 15) is 14.4 Å². The number of amides is 2. The molecule has 1 unspecified atom stereocenters. The van der Waals surface area contributed by atoms with Gasteiger partial charge in [0.05, 0.1) is 11.1 Å². The van der Waals surface area contributed by atoms with Gasteiger partial charge in [-0.1, -0.05) is 49.4 Å². The van der Waals surface area contributed by atoms with Gasteiger partial charge in [0, 0.05) is 18.5 Å². The molecule has 23 heavy (non-hydrogen) atoms. The van der Waals surface area contributed by atoms with Crippen LogP contribution in [0.1, 0.15) is 44.4 Å². The van der Waals surface area contributed by atoms with Crippen LogP contribution in [0.15, 0.2) is 54.6 Å². The molecule has 0 N–H and O–H groups in total. The first kappa shape index (κ1) is 15.2. The Labute approximate surface area is 134 Å². The summed E-state index contributed by atoms with van der Waals surface area (Å²) in [5.74, 6) is -0.617. The third-order valence-electron chi connectivity index (χ3n) is 4.00. The summed E-state index contributed by atoms with van der Waals surface area (Å²) in [5.41, 5.74) is 1.54. The molecule has 0 bridgehead atoms. The van der Waals surface area contributed by atoms with Crippen LogP contribution in [0.3, 0.4) is 0 Å². The monoisotopic (exact) mass is 307 g/mol. The molecule has 3 rings (SSSR count). The van der Waals surface area contributed by atoms with E-state index >= 15 is 0 Å². The number of fused-ring (bicyclic) bond motifs is 1. The zero-order valence-corrected chi connectivity index (χ0v) is 12.9. The van der Waals surface area contributed by atoms with Crippen LogP contribution in [0, 0.1) is 5.92 Å². The second-order valence-corrected chi connectivity index (χ2v) is 5.86. The quantitative estimate of drug-likeness (QED) is 0.629. The van der Waals surface area contributed by atoms with E-state index in [0.717, 1.165) is 0 Å². The molecule has 4 heteroatoms. The third-order valence-corrected chi connectivity index (χ3v) is 4.00. The molecule has 0 fully saturated rings. The summed E-state index contributed by atoms with van der Waals surface area (Å²) >= 11 is 0. The fourth-order valence-electron chi connectivity index (χ4n) is 2.84. The molecule has 1 aliphatic heterocycles. The third kappa shape index (κ3) is 2.93. The van der Waals surface area contributed by atoms with Crippen molar-refractivity contribution in [3.05, 3.63) is 71.3 Å². The molecule has 0 saturated heterocycles. The molecule has 2 amide bonds. The van der Waals surface area contributed by atoms with Crippen molar-refractivity contribution in [2.45, 2.75) is 13.3 Å². The SMILES string of the molecule is CC(CC(=O)c1ccccc1)CN1C(=O)c2ccccc2C1=O. The predicted molar refractivity (Wildman–Crippen MR) is 86.4 cm³/mol. The number of benzene rings is 2. The number of carbonyl (C=O) groups is 3. The highest BCUT2D eigenvalue weighted by molar-refractivity contribution is 6.21. The van der Waals surface area contributed by atoms with Crippen molar-refractivity contribution in [1.82, 2.24) is 4.90 Å². The Morgan fingerprint density at radius 2 is 1.43 bits per heavy atom. The van der Waals surface area contributed by atoms with Crippen molar-refractivity contribution in [1.29, 1.82) is 0 Å². The topological polar surface area (TPSA) is 54.5 Å². The first-order valence-corrected chi connectivity index (χ1v) is 7.61. The molecular weight excluding hydrogens is 290 g/mol. The molecule has 0 spiro atoms. The highest BCUT2D eigenvalue weighted by atomic mass is 16.2. The fourth-order valence-corrected chi connectivity index (χ4v) is 2.84. The lowest BCUT2D eigenvalue weighted by Gasteiger charge is -2.18. The number of hydrogen-bond acceptors (Lipinski definition) is 3. The Bertz CT molecular complexity index is 732. The van der Waals surface area contributed by atoms with E-state index in [1.807, 2.05) is 25.1 Å². The number of hydrogen-bond donors (Lipinski definition) is 0. The fraction of sp³-hybridized carbons (Fsp3) is 0.211. The smallest absolute Gasteiger partial charge is 0.261 e. The van der Waals surface area contributed by atoms with Gasteiger partial charge in [0.15, 0.2) is 5.78 Å². The number of Topliss-reactive ketones (excluding diaryl/α,β-unsaturated/α-hetero) is 1. The number of rotatable bonds is 5. The van der Waals surface area contributed by atoms with Crippen molar-refractivity contribution in [2.75, 3.05) is 6.54 Å². The number of imide groups is 1. The summed E-state index contributed by atoms with van der Waals surface area (Å²) in [6, 6.07) is 15.9. The summed E-state index contributed by atoms with van der Waals surface area (Å²) in [5, 5.41) is 0. The maximum Gasteiger partial charge on any atom is 0.261 e. The molecule has 0 saturated carbocycles. The average Bonchev–Trinajstić information content (AvgIpc) is 2.81. The van der Waals surface area contributed by atoms with Gasteiger partial charge in [-0.25, -0.2) is 0 Å². The van der Waals surface area contributed by atoms with Crippen LogP contribution in [-0.4, -0.2) is 29.0 Å². The van der Waals surface area contributed by atoms with E-state index in [1.165, 1.54) is 4.90 Å². The zero-order valence-electron chi connectivity index (χ0n) is 12.9. The molecule has 0 aliphatic carbocycles. The Balaban J connectivity index is 1.67. The molecule has 2 aromatic rings.